The van der Waals surface area contributed by atoms with E-state index in [-0.39, 0.29) is 19.0 Å². The van der Waals surface area contributed by atoms with Crippen LogP contribution in [0, 0.1) is 0 Å². The van der Waals surface area contributed by atoms with Crippen molar-refractivity contribution >= 4 is 15.9 Å². The molecule has 9 heteroatoms. The first kappa shape index (κ1) is 14.5. The highest BCUT2D eigenvalue weighted by molar-refractivity contribution is 7.88. The van der Waals surface area contributed by atoms with Crippen molar-refractivity contribution < 1.29 is 18.0 Å². The number of nitrogens with zero attached hydrogens (tertiary/aromatic N) is 4. The molecule has 3 rings (SSSR count). The van der Waals surface area contributed by atoms with Crippen LogP contribution in [0.3, 0.4) is 0 Å². The first-order valence-corrected chi connectivity index (χ1v) is 8.73. The van der Waals surface area contributed by atoms with Crippen LogP contribution in [0.15, 0.2) is 12.3 Å². The Labute approximate surface area is 123 Å². The normalized spacial score (nSPS) is 23.9. The minimum Gasteiger partial charge on any atom is -0.271 e. The van der Waals surface area contributed by atoms with Crippen LogP contribution in [0.5, 0.6) is 0 Å². The van der Waals surface area contributed by atoms with Gasteiger partial charge in [-0.05, 0) is 18.9 Å². The summed E-state index contributed by atoms with van der Waals surface area (Å²) in [7, 11) is -3.36. The van der Waals surface area contributed by atoms with E-state index in [4.69, 9.17) is 4.84 Å². The second kappa shape index (κ2) is 5.39. The zero-order chi connectivity index (χ0) is 15.0. The van der Waals surface area contributed by atoms with Gasteiger partial charge in [0, 0.05) is 19.3 Å². The Balaban J connectivity index is 1.88. The van der Waals surface area contributed by atoms with Crippen LogP contribution in [0.2, 0.25) is 0 Å². The van der Waals surface area contributed by atoms with Crippen LogP contribution in [-0.4, -0.2) is 59.4 Å². The number of rotatable bonds is 2. The molecule has 0 bridgehead atoms. The fraction of sp³-hybridized carbons (Fsp3) is 0.667. The molecule has 3 heterocycles. The van der Waals surface area contributed by atoms with Gasteiger partial charge in [0.05, 0.1) is 25.1 Å². The lowest BCUT2D eigenvalue weighted by Crippen LogP contribution is -2.48. The van der Waals surface area contributed by atoms with E-state index in [1.807, 2.05) is 0 Å². The fourth-order valence-corrected chi connectivity index (χ4v) is 3.41. The number of hydrogen-bond donors (Lipinski definition) is 0. The summed E-state index contributed by atoms with van der Waals surface area (Å²) in [6, 6.07) is 1.06. The lowest BCUT2D eigenvalue weighted by molar-refractivity contribution is -0.201. The second-order valence-electron chi connectivity index (χ2n) is 5.32. The van der Waals surface area contributed by atoms with Crippen LogP contribution in [0.4, 0.5) is 0 Å². The van der Waals surface area contributed by atoms with Crippen molar-refractivity contribution in [2.75, 3.05) is 26.0 Å². The minimum absolute atomic E-state index is 0.0895. The number of carbonyl (C=O) groups excluding carboxylic acids is 1. The number of aromatic nitrogens is 2. The number of fused-ring (bicyclic) bond motifs is 1. The van der Waals surface area contributed by atoms with Gasteiger partial charge in [0.25, 0.3) is 5.91 Å². The van der Waals surface area contributed by atoms with Gasteiger partial charge < -0.3 is 0 Å². The predicted molar refractivity (Wildman–Crippen MR) is 73.4 cm³/mol. The van der Waals surface area contributed by atoms with Crippen LogP contribution in [0.1, 0.15) is 24.6 Å². The Kier molecular flexibility index (Phi) is 3.72. The second-order valence-corrected chi connectivity index (χ2v) is 7.30. The molecule has 1 aromatic rings. The largest absolute Gasteiger partial charge is 0.272 e. The van der Waals surface area contributed by atoms with Crippen molar-refractivity contribution in [2.45, 2.75) is 25.4 Å². The molecule has 0 aliphatic carbocycles. The van der Waals surface area contributed by atoms with Gasteiger partial charge in [-0.1, -0.05) is 0 Å². The van der Waals surface area contributed by atoms with Crippen molar-refractivity contribution in [1.29, 1.82) is 0 Å². The Morgan fingerprint density at radius 1 is 1.43 bits per heavy atom. The highest BCUT2D eigenvalue weighted by Crippen LogP contribution is 2.24. The third-order valence-electron chi connectivity index (χ3n) is 3.76. The molecule has 0 spiro atoms. The first-order chi connectivity index (χ1) is 9.97. The maximum absolute atomic E-state index is 12.6. The molecule has 1 fully saturated rings. The quantitative estimate of drug-likeness (QED) is 0.752. The van der Waals surface area contributed by atoms with Gasteiger partial charge in [-0.2, -0.15) is 9.40 Å². The van der Waals surface area contributed by atoms with Crippen molar-refractivity contribution in [1.82, 2.24) is 19.1 Å². The molecule has 2 aliphatic heterocycles. The Morgan fingerprint density at radius 3 is 2.90 bits per heavy atom. The molecule has 1 aromatic heterocycles. The molecule has 1 atom stereocenters. The van der Waals surface area contributed by atoms with Crippen LogP contribution >= 0.6 is 0 Å². The van der Waals surface area contributed by atoms with Gasteiger partial charge in [0.1, 0.15) is 6.04 Å². The molecular weight excluding hydrogens is 296 g/mol. The minimum atomic E-state index is -3.36. The molecule has 1 saturated heterocycles. The smallest absolute Gasteiger partial charge is 0.271 e. The van der Waals surface area contributed by atoms with E-state index in [0.29, 0.717) is 18.8 Å². The molecule has 0 N–H and O–H groups in total. The van der Waals surface area contributed by atoms with E-state index in [9.17, 15) is 13.2 Å². The van der Waals surface area contributed by atoms with Gasteiger partial charge in [-0.3, -0.25) is 14.3 Å². The number of sulfonamides is 1. The lowest BCUT2D eigenvalue weighted by atomic mass is 10.2. The lowest BCUT2D eigenvalue weighted by Gasteiger charge is -2.35. The Hall–Kier alpha value is -1.45. The molecule has 2 aliphatic rings. The molecular formula is C12H18N4O4S. The predicted octanol–water partition coefficient (Wildman–Crippen LogP) is -0.247. The summed E-state index contributed by atoms with van der Waals surface area (Å²) in [4.78, 5) is 18.0. The zero-order valence-corrected chi connectivity index (χ0v) is 12.6. The highest BCUT2D eigenvalue weighted by Gasteiger charge is 2.37. The molecule has 1 unspecified atom stereocenters. The van der Waals surface area contributed by atoms with Crippen LogP contribution in [0.25, 0.3) is 0 Å². The zero-order valence-electron chi connectivity index (χ0n) is 11.8. The molecule has 0 radical (unpaired) electrons. The molecule has 116 valence electrons. The standard InChI is InChI=1S/C12H18N4O4S/c1-21(18,19)14-8-10-4-5-13-16(10)11(9-14)12(17)15-6-2-3-7-20-15/h4-5,11H,2-3,6-9H2,1H3. The van der Waals surface area contributed by atoms with Gasteiger partial charge >= 0.3 is 0 Å². The van der Waals surface area contributed by atoms with Crippen molar-refractivity contribution in [3.05, 3.63) is 18.0 Å². The van der Waals surface area contributed by atoms with Crippen LogP contribution < -0.4 is 0 Å². The van der Waals surface area contributed by atoms with Gasteiger partial charge in [0.15, 0.2) is 0 Å². The maximum Gasteiger partial charge on any atom is 0.272 e. The van der Waals surface area contributed by atoms with E-state index >= 15 is 0 Å². The van der Waals surface area contributed by atoms with Crippen molar-refractivity contribution in [3.63, 3.8) is 0 Å². The SMILES string of the molecule is CS(=O)(=O)N1Cc2ccnn2C(C(=O)N2CCCCO2)C1. The topological polar surface area (TPSA) is 84.7 Å². The summed E-state index contributed by atoms with van der Waals surface area (Å²) in [5.41, 5.74) is 0.710. The number of carbonyl (C=O) groups is 1. The van der Waals surface area contributed by atoms with Gasteiger partial charge in [0.2, 0.25) is 10.0 Å². The van der Waals surface area contributed by atoms with Gasteiger partial charge in [-0.15, -0.1) is 0 Å². The summed E-state index contributed by atoms with van der Waals surface area (Å²) in [6.07, 6.45) is 4.55. The Bertz CT molecular complexity index is 635. The summed E-state index contributed by atoms with van der Waals surface area (Å²) in [5, 5.41) is 5.50. The summed E-state index contributed by atoms with van der Waals surface area (Å²) in [5.74, 6) is -0.243. The average Bonchev–Trinajstić information content (AvgIpc) is 2.94. The molecule has 1 amide bonds. The van der Waals surface area contributed by atoms with Crippen molar-refractivity contribution in [3.8, 4) is 0 Å². The van der Waals surface area contributed by atoms with E-state index < -0.39 is 16.1 Å². The molecule has 0 aromatic carbocycles. The molecule has 8 nitrogen and oxygen atoms in total. The summed E-state index contributed by atoms with van der Waals surface area (Å²) < 4.78 is 26.5. The monoisotopic (exact) mass is 314 g/mol. The summed E-state index contributed by atoms with van der Waals surface area (Å²) >= 11 is 0. The van der Waals surface area contributed by atoms with Gasteiger partial charge in [-0.25, -0.2) is 13.5 Å². The summed E-state index contributed by atoms with van der Waals surface area (Å²) in [6.45, 7) is 1.38. The maximum atomic E-state index is 12.6. The third kappa shape index (κ3) is 2.81. The highest BCUT2D eigenvalue weighted by atomic mass is 32.2. The number of hydroxylamine groups is 2. The molecule has 0 saturated carbocycles. The number of hydrogen-bond acceptors (Lipinski definition) is 5. The first-order valence-electron chi connectivity index (χ1n) is 6.88. The van der Waals surface area contributed by atoms with E-state index in [2.05, 4.69) is 5.10 Å². The number of amides is 1. The van der Waals surface area contributed by atoms with E-state index in [1.165, 1.54) is 9.37 Å². The fourth-order valence-electron chi connectivity index (χ4n) is 2.64. The molecule has 21 heavy (non-hydrogen) atoms. The Morgan fingerprint density at radius 2 is 2.24 bits per heavy atom. The third-order valence-corrected chi connectivity index (χ3v) is 4.98. The van der Waals surface area contributed by atoms with Crippen LogP contribution in [-0.2, 0) is 26.2 Å². The van der Waals surface area contributed by atoms with E-state index in [1.54, 1.807) is 16.9 Å². The van der Waals surface area contributed by atoms with E-state index in [0.717, 1.165) is 19.1 Å². The average molecular weight is 314 g/mol. The van der Waals surface area contributed by atoms with Crippen molar-refractivity contribution in [2.24, 2.45) is 0 Å².